The molecule has 0 atom stereocenters. The van der Waals surface area contributed by atoms with Crippen LogP contribution in [0.5, 0.6) is 11.5 Å². The number of hydrogen-bond donors (Lipinski definition) is 0. The lowest BCUT2D eigenvalue weighted by Crippen LogP contribution is -2.42. The molecule has 2 heterocycles. The Morgan fingerprint density at radius 1 is 0.682 bits per heavy atom. The smallest absolute Gasteiger partial charge is 0.265 e. The molecule has 2 amide bonds. The minimum atomic E-state index is -0.712. The van der Waals surface area contributed by atoms with Crippen LogP contribution in [0.1, 0.15) is 112 Å². The van der Waals surface area contributed by atoms with Gasteiger partial charge in [-0.25, -0.2) is 4.90 Å². The van der Waals surface area contributed by atoms with Crippen LogP contribution < -0.4 is 9.64 Å². The number of amides is 2. The minimum absolute atomic E-state index is 0.161. The van der Waals surface area contributed by atoms with Crippen molar-refractivity contribution in [2.75, 3.05) is 4.90 Å². The average molecular weight is 590 g/mol. The van der Waals surface area contributed by atoms with Gasteiger partial charge >= 0.3 is 0 Å². The van der Waals surface area contributed by atoms with Crippen molar-refractivity contribution in [1.29, 1.82) is 0 Å². The third-order valence-electron chi connectivity index (χ3n) is 9.33. The topological polar surface area (TPSA) is 69.8 Å². The van der Waals surface area contributed by atoms with Crippen molar-refractivity contribution in [2.24, 2.45) is 0 Å². The van der Waals surface area contributed by atoms with E-state index in [9.17, 15) is 14.8 Å². The molecule has 4 aromatic rings. The minimum Gasteiger partial charge on any atom is -0.457 e. The van der Waals surface area contributed by atoms with Crippen molar-refractivity contribution in [3.63, 3.8) is 0 Å². The fraction of sp³-hybridized carbons (Fsp3) is 0.368. The van der Waals surface area contributed by atoms with Gasteiger partial charge in [0, 0.05) is 21.9 Å². The first-order chi connectivity index (χ1) is 20.3. The van der Waals surface area contributed by atoms with E-state index < -0.39 is 11.1 Å². The third-order valence-corrected chi connectivity index (χ3v) is 9.33. The van der Waals surface area contributed by atoms with Crippen molar-refractivity contribution in [2.45, 2.75) is 91.1 Å². The first-order valence-electron chi connectivity index (χ1n) is 15.2. The molecule has 0 unspecified atom stereocenters. The second-order valence-electron chi connectivity index (χ2n) is 15.2. The third kappa shape index (κ3) is 4.38. The van der Waals surface area contributed by atoms with E-state index in [1.54, 1.807) is 18.2 Å². The van der Waals surface area contributed by atoms with Crippen molar-refractivity contribution in [1.82, 2.24) is 5.06 Å². The number of hydrogen-bond acceptors (Lipinski definition) is 4. The molecule has 2 aliphatic heterocycles. The van der Waals surface area contributed by atoms with Gasteiger partial charge in [0.15, 0.2) is 0 Å². The van der Waals surface area contributed by atoms with E-state index in [1.807, 2.05) is 64.1 Å². The van der Waals surface area contributed by atoms with Crippen LogP contribution in [0, 0.1) is 0 Å². The Bertz CT molecular complexity index is 1850. The van der Waals surface area contributed by atoms with Crippen LogP contribution in [-0.2, 0) is 27.1 Å². The molecule has 1 radical (unpaired) electrons. The lowest BCUT2D eigenvalue weighted by atomic mass is 9.80. The van der Waals surface area contributed by atoms with Gasteiger partial charge in [-0.05, 0) is 97.2 Å². The lowest BCUT2D eigenvalue weighted by molar-refractivity contribution is -0.266. The Kier molecular flexibility index (Phi) is 6.49. The monoisotopic (exact) mass is 589 g/mol. The van der Waals surface area contributed by atoms with Gasteiger partial charge in [-0.2, -0.15) is 0 Å². The summed E-state index contributed by atoms with van der Waals surface area (Å²) < 4.78 is 6.43. The van der Waals surface area contributed by atoms with E-state index in [4.69, 9.17) is 4.74 Å². The summed E-state index contributed by atoms with van der Waals surface area (Å²) in [5.74, 6) is 0.434. The SMILES string of the molecule is CC(C)(C)c1ccc(C(C)(C)C)c(N2C(=O)c3cccc4c(Oc5ccc6c(c5)C(C)(C)N([O])C6(C)C)ccc(c34)C2=O)c1. The van der Waals surface area contributed by atoms with E-state index in [-0.39, 0.29) is 22.6 Å². The molecule has 2 aliphatic rings. The summed E-state index contributed by atoms with van der Waals surface area (Å²) in [6, 6.07) is 21.0. The van der Waals surface area contributed by atoms with Gasteiger partial charge in [0.25, 0.3) is 11.8 Å². The summed E-state index contributed by atoms with van der Waals surface area (Å²) in [5.41, 5.74) is 3.61. The van der Waals surface area contributed by atoms with Crippen molar-refractivity contribution in [3.05, 3.63) is 100 Å². The molecule has 0 spiro atoms. The summed E-state index contributed by atoms with van der Waals surface area (Å²) in [7, 11) is 0. The number of rotatable bonds is 3. The standard InChI is InChI=1S/C38H41N2O4/c1-35(2,3)22-14-17-28(36(4,5)6)30(20-22)39-33(41)25-13-11-12-24-31(19-16-26(32(24)25)34(39)42)44-23-15-18-27-29(21-23)38(9,10)40(43)37(27,7)8/h11-21H,1-10H3. The zero-order valence-electron chi connectivity index (χ0n) is 27.4. The maximum atomic E-state index is 14.2. The molecular formula is C38H41N2O4. The molecule has 0 fully saturated rings. The van der Waals surface area contributed by atoms with Crippen LogP contribution in [0.15, 0.2) is 66.7 Å². The Labute approximate surface area is 260 Å². The number of carbonyl (C=O) groups excluding carboxylic acids is 2. The second-order valence-corrected chi connectivity index (χ2v) is 15.2. The van der Waals surface area contributed by atoms with Gasteiger partial charge in [-0.15, -0.1) is 10.3 Å². The maximum Gasteiger partial charge on any atom is 0.265 e. The van der Waals surface area contributed by atoms with Gasteiger partial charge in [0.05, 0.1) is 16.8 Å². The highest BCUT2D eigenvalue weighted by Gasteiger charge is 2.50. The molecule has 0 saturated heterocycles. The first kappa shape index (κ1) is 30.0. The number of fused-ring (bicyclic) bond motifs is 1. The molecule has 0 saturated carbocycles. The summed E-state index contributed by atoms with van der Waals surface area (Å²) >= 11 is 0. The number of carbonyl (C=O) groups is 2. The van der Waals surface area contributed by atoms with Crippen LogP contribution in [0.2, 0.25) is 0 Å². The van der Waals surface area contributed by atoms with Crippen LogP contribution in [0.3, 0.4) is 0 Å². The molecule has 44 heavy (non-hydrogen) atoms. The number of benzene rings is 4. The highest BCUT2D eigenvalue weighted by Crippen LogP contribution is 2.50. The molecule has 6 heteroatoms. The fourth-order valence-corrected chi connectivity index (χ4v) is 6.87. The van der Waals surface area contributed by atoms with Crippen LogP contribution >= 0.6 is 0 Å². The predicted molar refractivity (Wildman–Crippen MR) is 174 cm³/mol. The van der Waals surface area contributed by atoms with E-state index in [0.717, 1.165) is 27.3 Å². The number of imide groups is 1. The normalized spacial score (nSPS) is 17.8. The zero-order chi connectivity index (χ0) is 32.1. The molecule has 6 rings (SSSR count). The van der Waals surface area contributed by atoms with E-state index in [0.29, 0.717) is 39.1 Å². The summed E-state index contributed by atoms with van der Waals surface area (Å²) in [5, 5.41) is 15.5. The zero-order valence-corrected chi connectivity index (χ0v) is 27.4. The summed E-state index contributed by atoms with van der Waals surface area (Å²) in [6.07, 6.45) is 0. The van der Waals surface area contributed by atoms with Gasteiger partial charge in [0.2, 0.25) is 0 Å². The molecule has 227 valence electrons. The van der Waals surface area contributed by atoms with Gasteiger partial charge in [0.1, 0.15) is 11.5 Å². The Balaban J connectivity index is 1.45. The highest BCUT2D eigenvalue weighted by molar-refractivity contribution is 6.36. The quantitative estimate of drug-likeness (QED) is 0.223. The van der Waals surface area contributed by atoms with Crippen molar-refractivity contribution < 1.29 is 19.5 Å². The Morgan fingerprint density at radius 2 is 1.32 bits per heavy atom. The summed E-state index contributed by atoms with van der Waals surface area (Å²) in [6.45, 7) is 20.4. The number of anilines is 1. The average Bonchev–Trinajstić information content (AvgIpc) is 3.07. The van der Waals surface area contributed by atoms with Crippen LogP contribution in [0.4, 0.5) is 5.69 Å². The maximum absolute atomic E-state index is 14.2. The number of ether oxygens (including phenoxy) is 1. The molecule has 0 bridgehead atoms. The number of hydroxylamine groups is 2. The lowest BCUT2D eigenvalue weighted by Gasteiger charge is -2.33. The fourth-order valence-electron chi connectivity index (χ4n) is 6.87. The molecule has 0 aromatic heterocycles. The molecule has 0 N–H and O–H groups in total. The van der Waals surface area contributed by atoms with E-state index in [2.05, 4.69) is 53.7 Å². The highest BCUT2D eigenvalue weighted by atomic mass is 16.5. The largest absolute Gasteiger partial charge is 0.457 e. The van der Waals surface area contributed by atoms with E-state index in [1.165, 1.54) is 4.90 Å². The predicted octanol–water partition coefficient (Wildman–Crippen LogP) is 9.16. The number of nitrogens with zero attached hydrogens (tertiary/aromatic N) is 2. The molecule has 6 nitrogen and oxygen atoms in total. The van der Waals surface area contributed by atoms with Gasteiger partial charge in [-0.1, -0.05) is 71.9 Å². The Hall–Kier alpha value is -4.00. The summed E-state index contributed by atoms with van der Waals surface area (Å²) in [4.78, 5) is 29.8. The Morgan fingerprint density at radius 3 is 1.95 bits per heavy atom. The first-order valence-corrected chi connectivity index (χ1v) is 15.2. The van der Waals surface area contributed by atoms with Crippen molar-refractivity contribution in [3.8, 4) is 11.5 Å². The molecule has 4 aromatic carbocycles. The van der Waals surface area contributed by atoms with Crippen LogP contribution in [0.25, 0.3) is 10.8 Å². The molecule has 0 aliphatic carbocycles. The van der Waals surface area contributed by atoms with Crippen LogP contribution in [-0.4, -0.2) is 16.9 Å². The van der Waals surface area contributed by atoms with Crippen molar-refractivity contribution >= 4 is 28.3 Å². The molecular weight excluding hydrogens is 548 g/mol. The van der Waals surface area contributed by atoms with Gasteiger partial charge < -0.3 is 4.74 Å². The van der Waals surface area contributed by atoms with Gasteiger partial charge in [-0.3, -0.25) is 9.59 Å². The van der Waals surface area contributed by atoms with E-state index >= 15 is 0 Å². The second kappa shape index (κ2) is 9.50.